The number of ether oxygens (including phenoxy) is 1. The van der Waals surface area contributed by atoms with E-state index < -0.39 is 0 Å². The zero-order valence-electron chi connectivity index (χ0n) is 14.9. The first-order chi connectivity index (χ1) is 10.8. The van der Waals surface area contributed by atoms with Gasteiger partial charge < -0.3 is 9.64 Å². The van der Waals surface area contributed by atoms with Crippen molar-refractivity contribution in [2.75, 3.05) is 40.3 Å². The summed E-state index contributed by atoms with van der Waals surface area (Å²) < 4.78 is 5.33. The zero-order chi connectivity index (χ0) is 15.4. The summed E-state index contributed by atoms with van der Waals surface area (Å²) in [5, 5.41) is 0. The standard InChI is InChI=1S/C19H30N2O.2ClH/c1-20-12-14-21(15-13-20)19(16-6-4-3-5-7-16)17-8-10-18(22-2)11-9-17;;/h8-11,16,19H,3-7,12-15H2,1-2H3;2*1H. The molecule has 0 amide bonds. The molecule has 0 radical (unpaired) electrons. The van der Waals surface area contributed by atoms with Crippen molar-refractivity contribution in [1.82, 2.24) is 9.80 Å². The highest BCUT2D eigenvalue weighted by atomic mass is 35.5. The van der Waals surface area contributed by atoms with E-state index in [1.165, 1.54) is 63.8 Å². The number of benzene rings is 1. The Kier molecular flexibility index (Phi) is 9.43. The summed E-state index contributed by atoms with van der Waals surface area (Å²) in [6.07, 6.45) is 7.02. The summed E-state index contributed by atoms with van der Waals surface area (Å²) in [5.74, 6) is 1.79. The summed E-state index contributed by atoms with van der Waals surface area (Å²) in [6.45, 7) is 4.78. The van der Waals surface area contributed by atoms with E-state index in [2.05, 4.69) is 41.1 Å². The van der Waals surface area contributed by atoms with Crippen molar-refractivity contribution < 1.29 is 4.74 Å². The van der Waals surface area contributed by atoms with Crippen LogP contribution in [0.5, 0.6) is 5.75 Å². The second-order valence-corrected chi connectivity index (χ2v) is 6.96. The van der Waals surface area contributed by atoms with E-state index in [1.54, 1.807) is 7.11 Å². The third kappa shape index (κ3) is 5.26. The molecule has 138 valence electrons. The lowest BCUT2D eigenvalue weighted by molar-refractivity contribution is 0.0670. The minimum Gasteiger partial charge on any atom is -0.497 e. The summed E-state index contributed by atoms with van der Waals surface area (Å²) in [4.78, 5) is 5.18. The Morgan fingerprint density at radius 1 is 0.917 bits per heavy atom. The first-order valence-corrected chi connectivity index (χ1v) is 8.84. The number of hydrogen-bond donors (Lipinski definition) is 0. The molecule has 2 fully saturated rings. The molecule has 0 N–H and O–H groups in total. The summed E-state index contributed by atoms with van der Waals surface area (Å²) in [5.41, 5.74) is 1.48. The molecule has 3 nitrogen and oxygen atoms in total. The third-order valence-corrected chi connectivity index (χ3v) is 5.48. The van der Waals surface area contributed by atoms with Crippen LogP contribution in [0.4, 0.5) is 0 Å². The summed E-state index contributed by atoms with van der Waals surface area (Å²) >= 11 is 0. The summed E-state index contributed by atoms with van der Waals surface area (Å²) in [7, 11) is 3.98. The van der Waals surface area contributed by atoms with Gasteiger partial charge in [-0.2, -0.15) is 0 Å². The molecule has 1 atom stereocenters. The van der Waals surface area contributed by atoms with Crippen LogP contribution < -0.4 is 4.74 Å². The normalized spacial score (nSPS) is 21.4. The first-order valence-electron chi connectivity index (χ1n) is 8.84. The second kappa shape index (κ2) is 10.5. The molecule has 2 aliphatic rings. The van der Waals surface area contributed by atoms with Crippen LogP contribution in [-0.2, 0) is 0 Å². The number of hydrogen-bond acceptors (Lipinski definition) is 3. The Morgan fingerprint density at radius 3 is 2.04 bits per heavy atom. The van der Waals surface area contributed by atoms with Gasteiger partial charge in [0.25, 0.3) is 0 Å². The highest BCUT2D eigenvalue weighted by Gasteiger charge is 2.31. The minimum atomic E-state index is 0. The number of nitrogens with zero attached hydrogens (tertiary/aromatic N) is 2. The maximum Gasteiger partial charge on any atom is 0.118 e. The largest absolute Gasteiger partial charge is 0.497 e. The molecular weight excluding hydrogens is 343 g/mol. The third-order valence-electron chi connectivity index (χ3n) is 5.48. The monoisotopic (exact) mass is 374 g/mol. The average molecular weight is 375 g/mol. The Bertz CT molecular complexity index is 455. The van der Waals surface area contributed by atoms with Crippen molar-refractivity contribution in [3.8, 4) is 5.75 Å². The van der Waals surface area contributed by atoms with Crippen LogP contribution in [0.2, 0.25) is 0 Å². The van der Waals surface area contributed by atoms with Crippen LogP contribution in [0.1, 0.15) is 43.7 Å². The number of halogens is 2. The van der Waals surface area contributed by atoms with E-state index in [4.69, 9.17) is 4.74 Å². The maximum atomic E-state index is 5.33. The number of methoxy groups -OCH3 is 1. The molecule has 0 spiro atoms. The lowest BCUT2D eigenvalue weighted by atomic mass is 9.80. The molecule has 1 saturated carbocycles. The maximum absolute atomic E-state index is 5.33. The lowest BCUT2D eigenvalue weighted by Crippen LogP contribution is -2.47. The molecule has 5 heteroatoms. The van der Waals surface area contributed by atoms with Crippen molar-refractivity contribution in [2.24, 2.45) is 5.92 Å². The topological polar surface area (TPSA) is 15.7 Å². The molecule has 1 aromatic rings. The average Bonchev–Trinajstić information content (AvgIpc) is 2.58. The molecule has 1 aliphatic heterocycles. The molecule has 1 aliphatic carbocycles. The van der Waals surface area contributed by atoms with Gasteiger partial charge in [0.15, 0.2) is 0 Å². The molecule has 0 aromatic heterocycles. The van der Waals surface area contributed by atoms with E-state index in [9.17, 15) is 0 Å². The van der Waals surface area contributed by atoms with Gasteiger partial charge in [-0.15, -0.1) is 24.8 Å². The Labute approximate surface area is 159 Å². The Morgan fingerprint density at radius 2 is 1.50 bits per heavy atom. The summed E-state index contributed by atoms with van der Waals surface area (Å²) in [6, 6.07) is 9.43. The van der Waals surface area contributed by atoms with Crippen LogP contribution in [0.15, 0.2) is 24.3 Å². The van der Waals surface area contributed by atoms with Gasteiger partial charge in [0.05, 0.1) is 7.11 Å². The van der Waals surface area contributed by atoms with E-state index in [0.717, 1.165) is 11.7 Å². The highest BCUT2D eigenvalue weighted by Crippen LogP contribution is 2.39. The van der Waals surface area contributed by atoms with Crippen molar-refractivity contribution in [3.63, 3.8) is 0 Å². The smallest absolute Gasteiger partial charge is 0.118 e. The first kappa shape index (κ1) is 21.6. The van der Waals surface area contributed by atoms with Crippen molar-refractivity contribution in [2.45, 2.75) is 38.1 Å². The predicted molar refractivity (Wildman–Crippen MR) is 106 cm³/mol. The molecular formula is C19H32Cl2N2O. The number of piperazine rings is 1. The fraction of sp³-hybridized carbons (Fsp3) is 0.684. The van der Waals surface area contributed by atoms with E-state index in [1.807, 2.05) is 0 Å². The van der Waals surface area contributed by atoms with Crippen LogP contribution >= 0.6 is 24.8 Å². The van der Waals surface area contributed by atoms with E-state index in [-0.39, 0.29) is 24.8 Å². The molecule has 1 unspecified atom stereocenters. The van der Waals surface area contributed by atoms with Gasteiger partial charge in [-0.25, -0.2) is 0 Å². The quantitative estimate of drug-likeness (QED) is 0.776. The molecule has 0 bridgehead atoms. The molecule has 1 saturated heterocycles. The molecule has 1 heterocycles. The second-order valence-electron chi connectivity index (χ2n) is 6.96. The number of rotatable bonds is 4. The van der Waals surface area contributed by atoms with Crippen molar-refractivity contribution in [1.29, 1.82) is 0 Å². The Hall–Kier alpha value is -0.480. The van der Waals surface area contributed by atoms with Crippen LogP contribution in [0.25, 0.3) is 0 Å². The molecule has 1 aromatic carbocycles. The predicted octanol–water partition coefficient (Wildman–Crippen LogP) is 4.41. The van der Waals surface area contributed by atoms with Gasteiger partial charge in [0, 0.05) is 32.2 Å². The van der Waals surface area contributed by atoms with Gasteiger partial charge in [-0.3, -0.25) is 4.90 Å². The highest BCUT2D eigenvalue weighted by molar-refractivity contribution is 5.85. The van der Waals surface area contributed by atoms with Crippen LogP contribution in [0.3, 0.4) is 0 Å². The van der Waals surface area contributed by atoms with Gasteiger partial charge >= 0.3 is 0 Å². The van der Waals surface area contributed by atoms with E-state index >= 15 is 0 Å². The van der Waals surface area contributed by atoms with Crippen LogP contribution in [0, 0.1) is 5.92 Å². The van der Waals surface area contributed by atoms with Gasteiger partial charge in [-0.05, 0) is 43.5 Å². The van der Waals surface area contributed by atoms with Gasteiger partial charge in [0.1, 0.15) is 5.75 Å². The van der Waals surface area contributed by atoms with Crippen LogP contribution in [-0.4, -0.2) is 50.1 Å². The van der Waals surface area contributed by atoms with Crippen molar-refractivity contribution >= 4 is 24.8 Å². The minimum absolute atomic E-state index is 0. The van der Waals surface area contributed by atoms with E-state index in [0.29, 0.717) is 6.04 Å². The molecule has 3 rings (SSSR count). The van der Waals surface area contributed by atoms with Gasteiger partial charge in [-0.1, -0.05) is 31.4 Å². The SMILES string of the molecule is COc1ccc(C(C2CCCCC2)N2CCN(C)CC2)cc1.Cl.Cl. The van der Waals surface area contributed by atoms with Crippen molar-refractivity contribution in [3.05, 3.63) is 29.8 Å². The van der Waals surface area contributed by atoms with Gasteiger partial charge in [0.2, 0.25) is 0 Å². The molecule has 24 heavy (non-hydrogen) atoms. The Balaban J connectivity index is 0.00000144. The fourth-order valence-corrected chi connectivity index (χ4v) is 4.13. The number of likely N-dealkylation sites (N-methyl/N-ethyl adjacent to an activating group) is 1. The fourth-order valence-electron chi connectivity index (χ4n) is 4.13. The lowest BCUT2D eigenvalue weighted by Gasteiger charge is -2.43. The zero-order valence-corrected chi connectivity index (χ0v) is 16.6.